The van der Waals surface area contributed by atoms with E-state index in [1.165, 1.54) is 16.7 Å². The van der Waals surface area contributed by atoms with Crippen LogP contribution >= 0.6 is 11.3 Å². The van der Waals surface area contributed by atoms with E-state index >= 15 is 0 Å². The van der Waals surface area contributed by atoms with Gasteiger partial charge >= 0.3 is 0 Å². The molecule has 0 aliphatic rings. The molecular weight excluding hydrogens is 304 g/mol. The number of hydrogen-bond donors (Lipinski definition) is 1. The number of anilines is 1. The van der Waals surface area contributed by atoms with E-state index in [2.05, 4.69) is 56.2 Å². The van der Waals surface area contributed by atoms with Gasteiger partial charge in [0, 0.05) is 6.54 Å². The Morgan fingerprint density at radius 1 is 1.22 bits per heavy atom. The molecule has 0 bridgehead atoms. The summed E-state index contributed by atoms with van der Waals surface area (Å²) >= 11 is 1.61. The minimum absolute atomic E-state index is 0.449. The molecule has 0 aliphatic carbocycles. The number of ether oxygens (including phenoxy) is 1. The zero-order valence-electron chi connectivity index (χ0n) is 14.9. The second kappa shape index (κ2) is 8.34. The number of nitrogens with one attached hydrogen (secondary N) is 1. The number of rotatable bonds is 8. The molecule has 23 heavy (non-hydrogen) atoms. The molecule has 126 valence electrons. The van der Waals surface area contributed by atoms with E-state index in [0.717, 1.165) is 41.9 Å². The summed E-state index contributed by atoms with van der Waals surface area (Å²) < 4.78 is 5.80. The molecule has 0 amide bonds. The second-order valence-corrected chi connectivity index (χ2v) is 7.14. The maximum Gasteiger partial charge on any atom is 0.198 e. The van der Waals surface area contributed by atoms with Crippen molar-refractivity contribution in [2.24, 2.45) is 0 Å². The number of aryl methyl sites for hydroxylation is 3. The quantitative estimate of drug-likeness (QED) is 0.651. The van der Waals surface area contributed by atoms with Crippen LogP contribution in [0.4, 0.5) is 5.13 Å². The molecule has 0 aliphatic heterocycles. The predicted octanol–water partition coefficient (Wildman–Crippen LogP) is 5.46. The van der Waals surface area contributed by atoms with E-state index in [4.69, 9.17) is 4.74 Å². The van der Waals surface area contributed by atoms with Crippen LogP contribution in [-0.2, 0) is 0 Å². The van der Waals surface area contributed by atoms with Crippen LogP contribution in [0.3, 0.4) is 0 Å². The lowest BCUT2D eigenvalue weighted by Gasteiger charge is -2.17. The third-order valence-electron chi connectivity index (χ3n) is 4.08. The van der Waals surface area contributed by atoms with Crippen molar-refractivity contribution in [3.8, 4) is 5.06 Å². The van der Waals surface area contributed by atoms with Crippen LogP contribution in [0.2, 0.25) is 0 Å². The van der Waals surface area contributed by atoms with Gasteiger partial charge in [0.1, 0.15) is 0 Å². The lowest BCUT2D eigenvalue weighted by atomic mass is 9.92. The van der Waals surface area contributed by atoms with Gasteiger partial charge in [-0.2, -0.15) is 0 Å². The van der Waals surface area contributed by atoms with Crippen molar-refractivity contribution >= 4 is 16.5 Å². The Morgan fingerprint density at radius 3 is 2.57 bits per heavy atom. The molecule has 2 aromatic rings. The van der Waals surface area contributed by atoms with Gasteiger partial charge in [0.15, 0.2) is 10.2 Å². The molecule has 1 N–H and O–H groups in total. The van der Waals surface area contributed by atoms with Gasteiger partial charge in [-0.05, 0) is 49.8 Å². The first-order chi connectivity index (χ1) is 11.0. The van der Waals surface area contributed by atoms with Gasteiger partial charge < -0.3 is 10.1 Å². The molecule has 0 saturated heterocycles. The van der Waals surface area contributed by atoms with Crippen LogP contribution in [0.15, 0.2) is 18.2 Å². The molecule has 0 saturated carbocycles. The minimum atomic E-state index is 0.449. The first-order valence-electron chi connectivity index (χ1n) is 8.43. The average molecular weight is 333 g/mol. The molecule has 0 fully saturated rings. The van der Waals surface area contributed by atoms with Gasteiger partial charge in [0.2, 0.25) is 0 Å². The fourth-order valence-electron chi connectivity index (χ4n) is 2.85. The van der Waals surface area contributed by atoms with Crippen molar-refractivity contribution in [2.75, 3.05) is 18.5 Å². The van der Waals surface area contributed by atoms with Crippen molar-refractivity contribution in [2.45, 2.75) is 53.4 Å². The molecule has 0 radical (unpaired) electrons. The number of nitrogens with zero attached hydrogens (tertiary/aromatic N) is 1. The van der Waals surface area contributed by atoms with Crippen LogP contribution in [0.5, 0.6) is 5.06 Å². The second-order valence-electron chi connectivity index (χ2n) is 6.18. The summed E-state index contributed by atoms with van der Waals surface area (Å²) in [6, 6.07) is 6.50. The Hall–Kier alpha value is -1.55. The van der Waals surface area contributed by atoms with Crippen molar-refractivity contribution in [1.29, 1.82) is 0 Å². The van der Waals surface area contributed by atoms with E-state index in [9.17, 15) is 0 Å². The maximum absolute atomic E-state index is 5.80. The standard InChI is InChI=1S/C19H28N2OS/c1-6-7-11-22-18-16(5)21-19(23-18)20-12-15(4)17-13(2)9-8-10-14(17)3/h8-10,15H,6-7,11-12H2,1-5H3,(H,20,21). The van der Waals surface area contributed by atoms with E-state index in [0.29, 0.717) is 5.92 Å². The SMILES string of the molecule is CCCCOc1sc(NCC(C)c2c(C)cccc2C)nc1C. The average Bonchev–Trinajstić information content (AvgIpc) is 2.86. The molecular formula is C19H28N2OS. The Bertz CT molecular complexity index is 616. The zero-order valence-corrected chi connectivity index (χ0v) is 15.7. The fraction of sp³-hybridized carbons (Fsp3) is 0.526. The molecule has 2 rings (SSSR count). The van der Waals surface area contributed by atoms with Gasteiger partial charge in [-0.1, -0.05) is 49.8 Å². The summed E-state index contributed by atoms with van der Waals surface area (Å²) in [6.45, 7) is 12.5. The summed E-state index contributed by atoms with van der Waals surface area (Å²) in [5.74, 6) is 0.449. The van der Waals surface area contributed by atoms with E-state index in [1.54, 1.807) is 11.3 Å². The van der Waals surface area contributed by atoms with Crippen LogP contribution in [-0.4, -0.2) is 18.1 Å². The first-order valence-corrected chi connectivity index (χ1v) is 9.24. The van der Waals surface area contributed by atoms with Crippen molar-refractivity contribution in [3.63, 3.8) is 0 Å². The van der Waals surface area contributed by atoms with Gasteiger partial charge in [0.05, 0.1) is 12.3 Å². The van der Waals surface area contributed by atoms with Crippen molar-refractivity contribution < 1.29 is 4.74 Å². The highest BCUT2D eigenvalue weighted by molar-refractivity contribution is 7.17. The summed E-state index contributed by atoms with van der Waals surface area (Å²) in [7, 11) is 0. The summed E-state index contributed by atoms with van der Waals surface area (Å²) in [6.07, 6.45) is 2.24. The lowest BCUT2D eigenvalue weighted by molar-refractivity contribution is 0.315. The van der Waals surface area contributed by atoms with E-state index in [-0.39, 0.29) is 0 Å². The summed E-state index contributed by atoms with van der Waals surface area (Å²) in [5, 5.41) is 5.37. The zero-order chi connectivity index (χ0) is 16.8. The van der Waals surface area contributed by atoms with Crippen LogP contribution < -0.4 is 10.1 Å². The largest absolute Gasteiger partial charge is 0.482 e. The number of unbranched alkanes of at least 4 members (excludes halogenated alkanes) is 1. The van der Waals surface area contributed by atoms with E-state index in [1.807, 2.05) is 6.92 Å². The van der Waals surface area contributed by atoms with Gasteiger partial charge in [-0.15, -0.1) is 0 Å². The lowest BCUT2D eigenvalue weighted by Crippen LogP contribution is -2.12. The topological polar surface area (TPSA) is 34.1 Å². The number of benzene rings is 1. The minimum Gasteiger partial charge on any atom is -0.482 e. The fourth-order valence-corrected chi connectivity index (χ4v) is 3.70. The maximum atomic E-state index is 5.80. The van der Waals surface area contributed by atoms with Gasteiger partial charge in [0.25, 0.3) is 0 Å². The third kappa shape index (κ3) is 4.71. The molecule has 3 nitrogen and oxygen atoms in total. The van der Waals surface area contributed by atoms with Crippen LogP contribution in [0, 0.1) is 20.8 Å². The number of thiazole rings is 1. The molecule has 1 atom stereocenters. The molecule has 1 aromatic heterocycles. The Labute approximate surface area is 144 Å². The monoisotopic (exact) mass is 332 g/mol. The summed E-state index contributed by atoms with van der Waals surface area (Å²) in [5.41, 5.74) is 5.14. The Morgan fingerprint density at radius 2 is 1.91 bits per heavy atom. The van der Waals surface area contributed by atoms with Crippen molar-refractivity contribution in [1.82, 2.24) is 4.98 Å². The molecule has 1 heterocycles. The third-order valence-corrected chi connectivity index (χ3v) is 5.11. The molecule has 1 aromatic carbocycles. The van der Waals surface area contributed by atoms with Gasteiger partial charge in [-0.3, -0.25) is 0 Å². The smallest absolute Gasteiger partial charge is 0.198 e. The molecule has 4 heteroatoms. The molecule has 1 unspecified atom stereocenters. The normalized spacial score (nSPS) is 12.2. The number of aromatic nitrogens is 1. The molecule has 0 spiro atoms. The Kier molecular flexibility index (Phi) is 6.46. The van der Waals surface area contributed by atoms with E-state index < -0.39 is 0 Å². The Balaban J connectivity index is 1.96. The van der Waals surface area contributed by atoms with Crippen LogP contribution in [0.25, 0.3) is 0 Å². The summed E-state index contributed by atoms with van der Waals surface area (Å²) in [4.78, 5) is 4.58. The highest BCUT2D eigenvalue weighted by Gasteiger charge is 2.13. The number of hydrogen-bond acceptors (Lipinski definition) is 4. The first kappa shape index (κ1) is 17.8. The van der Waals surface area contributed by atoms with Gasteiger partial charge in [-0.25, -0.2) is 4.98 Å². The van der Waals surface area contributed by atoms with Crippen LogP contribution in [0.1, 0.15) is 55.0 Å². The highest BCUT2D eigenvalue weighted by Crippen LogP contribution is 2.31. The van der Waals surface area contributed by atoms with Crippen molar-refractivity contribution in [3.05, 3.63) is 40.6 Å². The predicted molar refractivity (Wildman–Crippen MR) is 100 cm³/mol. The highest BCUT2D eigenvalue weighted by atomic mass is 32.1.